The number of methoxy groups -OCH3 is 1. The van der Waals surface area contributed by atoms with E-state index >= 15 is 0 Å². The summed E-state index contributed by atoms with van der Waals surface area (Å²) in [5.74, 6) is 1.74. The third-order valence-electron chi connectivity index (χ3n) is 3.70. The Morgan fingerprint density at radius 3 is 2.52 bits per heavy atom. The second kappa shape index (κ2) is 12.0. The van der Waals surface area contributed by atoms with Crippen molar-refractivity contribution in [1.29, 1.82) is 0 Å². The molecule has 0 fully saturated rings. The van der Waals surface area contributed by atoms with E-state index in [9.17, 15) is 0 Å². The Kier molecular flexibility index (Phi) is 10.4. The van der Waals surface area contributed by atoms with E-state index in [4.69, 9.17) is 9.47 Å². The topological polar surface area (TPSA) is 54.9 Å². The Morgan fingerprint density at radius 1 is 1.20 bits per heavy atom. The van der Waals surface area contributed by atoms with Crippen LogP contribution in [0.5, 0.6) is 5.75 Å². The summed E-state index contributed by atoms with van der Waals surface area (Å²) in [7, 11) is 1.67. The van der Waals surface area contributed by atoms with Crippen LogP contribution in [0.1, 0.15) is 32.8 Å². The standard InChI is InChI=1S/C19H33N3O2S/c1-6-20-18(22-15-19(2,3)25-5)21-12-7-13-24-14-16-8-10-17(23-4)11-9-16/h8-11H,6-7,12-15H2,1-5H3,(H2,20,21,22). The van der Waals surface area contributed by atoms with Gasteiger partial charge in [0.2, 0.25) is 0 Å². The van der Waals surface area contributed by atoms with Gasteiger partial charge in [-0.1, -0.05) is 12.1 Å². The molecule has 0 radical (unpaired) electrons. The molecule has 1 aromatic carbocycles. The summed E-state index contributed by atoms with van der Waals surface area (Å²) in [6, 6.07) is 7.96. The maximum atomic E-state index is 5.72. The third-order valence-corrected chi connectivity index (χ3v) is 4.93. The summed E-state index contributed by atoms with van der Waals surface area (Å²) in [5.41, 5.74) is 1.16. The fraction of sp³-hybridized carbons (Fsp3) is 0.632. The van der Waals surface area contributed by atoms with Crippen molar-refractivity contribution in [2.24, 2.45) is 4.99 Å². The van der Waals surface area contributed by atoms with Crippen molar-refractivity contribution < 1.29 is 9.47 Å². The lowest BCUT2D eigenvalue weighted by molar-refractivity contribution is 0.119. The minimum Gasteiger partial charge on any atom is -0.497 e. The van der Waals surface area contributed by atoms with E-state index in [-0.39, 0.29) is 4.75 Å². The zero-order valence-corrected chi connectivity index (χ0v) is 17.0. The molecular weight excluding hydrogens is 334 g/mol. The van der Waals surface area contributed by atoms with Gasteiger partial charge in [-0.05, 0) is 51.1 Å². The predicted octanol–water partition coefficient (Wildman–Crippen LogP) is 3.30. The number of rotatable bonds is 11. The number of guanidine groups is 1. The maximum Gasteiger partial charge on any atom is 0.191 e. The summed E-state index contributed by atoms with van der Waals surface area (Å²) >= 11 is 1.83. The van der Waals surface area contributed by atoms with E-state index in [2.05, 4.69) is 42.7 Å². The van der Waals surface area contributed by atoms with Gasteiger partial charge < -0.3 is 20.1 Å². The summed E-state index contributed by atoms with van der Waals surface area (Å²) in [5, 5.41) is 6.65. The van der Waals surface area contributed by atoms with Gasteiger partial charge in [-0.15, -0.1) is 0 Å². The highest BCUT2D eigenvalue weighted by Gasteiger charge is 2.15. The van der Waals surface area contributed by atoms with Gasteiger partial charge in [0.1, 0.15) is 5.75 Å². The number of thioether (sulfide) groups is 1. The van der Waals surface area contributed by atoms with Crippen LogP contribution in [0.25, 0.3) is 0 Å². The van der Waals surface area contributed by atoms with Gasteiger partial charge in [0.05, 0.1) is 20.3 Å². The van der Waals surface area contributed by atoms with E-state index in [1.807, 2.05) is 36.0 Å². The number of aliphatic imine (C=N–C) groups is 1. The summed E-state index contributed by atoms with van der Waals surface area (Å²) in [6.07, 6.45) is 3.06. The predicted molar refractivity (Wildman–Crippen MR) is 109 cm³/mol. The van der Waals surface area contributed by atoms with Gasteiger partial charge in [-0.2, -0.15) is 11.8 Å². The summed E-state index contributed by atoms with van der Waals surface area (Å²) in [4.78, 5) is 4.66. The highest BCUT2D eigenvalue weighted by molar-refractivity contribution is 7.99. The Morgan fingerprint density at radius 2 is 1.92 bits per heavy atom. The number of hydrogen-bond acceptors (Lipinski definition) is 4. The first-order valence-corrected chi connectivity index (χ1v) is 10.0. The zero-order chi connectivity index (χ0) is 18.5. The minimum absolute atomic E-state index is 0.157. The Bertz CT molecular complexity index is 504. The second-order valence-corrected chi connectivity index (χ2v) is 7.85. The molecular formula is C19H33N3O2S. The van der Waals surface area contributed by atoms with Crippen molar-refractivity contribution in [3.05, 3.63) is 29.8 Å². The Balaban J connectivity index is 2.23. The van der Waals surface area contributed by atoms with Gasteiger partial charge in [0, 0.05) is 24.4 Å². The van der Waals surface area contributed by atoms with Crippen molar-refractivity contribution >= 4 is 17.7 Å². The Hall–Kier alpha value is -1.40. The van der Waals surface area contributed by atoms with E-state index in [0.29, 0.717) is 6.61 Å². The molecule has 0 spiro atoms. The molecule has 6 heteroatoms. The zero-order valence-electron chi connectivity index (χ0n) is 16.2. The minimum atomic E-state index is 0.157. The van der Waals surface area contributed by atoms with Gasteiger partial charge in [0.15, 0.2) is 5.96 Å². The number of nitrogens with one attached hydrogen (secondary N) is 2. The van der Waals surface area contributed by atoms with E-state index in [1.54, 1.807) is 7.11 Å². The number of nitrogens with zero attached hydrogens (tertiary/aromatic N) is 1. The highest BCUT2D eigenvalue weighted by atomic mass is 32.2. The molecule has 0 aliphatic carbocycles. The van der Waals surface area contributed by atoms with Gasteiger partial charge >= 0.3 is 0 Å². The average Bonchev–Trinajstić information content (AvgIpc) is 2.63. The van der Waals surface area contributed by atoms with E-state index in [0.717, 1.165) is 49.9 Å². The molecule has 0 atom stereocenters. The fourth-order valence-electron chi connectivity index (χ4n) is 1.97. The Labute approximate surface area is 157 Å². The monoisotopic (exact) mass is 367 g/mol. The molecule has 1 rings (SSSR count). The van der Waals surface area contributed by atoms with Gasteiger partial charge in [-0.25, -0.2) is 0 Å². The van der Waals surface area contributed by atoms with Gasteiger partial charge in [-0.3, -0.25) is 4.99 Å². The maximum absolute atomic E-state index is 5.72. The number of benzene rings is 1. The SMILES string of the molecule is CCNC(=NCC(C)(C)SC)NCCCOCc1ccc(OC)cc1. The van der Waals surface area contributed by atoms with Crippen molar-refractivity contribution in [1.82, 2.24) is 10.6 Å². The van der Waals surface area contributed by atoms with Crippen LogP contribution in [0.2, 0.25) is 0 Å². The van der Waals surface area contributed by atoms with Crippen LogP contribution in [0.4, 0.5) is 0 Å². The molecule has 0 heterocycles. The lowest BCUT2D eigenvalue weighted by atomic mass is 10.2. The van der Waals surface area contributed by atoms with E-state index < -0.39 is 0 Å². The molecule has 0 aliphatic rings. The van der Waals surface area contributed by atoms with Gasteiger partial charge in [0.25, 0.3) is 0 Å². The molecule has 0 saturated carbocycles. The first kappa shape index (κ1) is 21.6. The third kappa shape index (κ3) is 9.60. The lowest BCUT2D eigenvalue weighted by Gasteiger charge is -2.20. The molecule has 25 heavy (non-hydrogen) atoms. The van der Waals surface area contributed by atoms with E-state index in [1.165, 1.54) is 0 Å². The average molecular weight is 368 g/mol. The molecule has 1 aromatic rings. The van der Waals surface area contributed by atoms with Crippen LogP contribution in [0, 0.1) is 0 Å². The second-order valence-electron chi connectivity index (χ2n) is 6.34. The van der Waals surface area contributed by atoms with Crippen molar-refractivity contribution in [2.45, 2.75) is 38.5 Å². The first-order chi connectivity index (χ1) is 12.0. The fourth-order valence-corrected chi connectivity index (χ4v) is 2.16. The molecule has 0 aromatic heterocycles. The largest absolute Gasteiger partial charge is 0.497 e. The normalized spacial score (nSPS) is 12.1. The van der Waals surface area contributed by atoms with Crippen LogP contribution >= 0.6 is 11.8 Å². The van der Waals surface area contributed by atoms with Crippen LogP contribution in [-0.4, -0.2) is 50.3 Å². The number of ether oxygens (including phenoxy) is 2. The molecule has 0 unspecified atom stereocenters. The van der Waals surface area contributed by atoms with Crippen LogP contribution in [0.15, 0.2) is 29.3 Å². The lowest BCUT2D eigenvalue weighted by Crippen LogP contribution is -2.39. The van der Waals surface area contributed by atoms with Crippen LogP contribution < -0.4 is 15.4 Å². The first-order valence-electron chi connectivity index (χ1n) is 8.78. The van der Waals surface area contributed by atoms with Crippen LogP contribution in [-0.2, 0) is 11.3 Å². The quantitative estimate of drug-likeness (QED) is 0.357. The molecule has 142 valence electrons. The summed E-state index contributed by atoms with van der Waals surface area (Å²) in [6.45, 7) is 10.3. The smallest absolute Gasteiger partial charge is 0.191 e. The highest BCUT2D eigenvalue weighted by Crippen LogP contribution is 2.20. The number of hydrogen-bond donors (Lipinski definition) is 2. The molecule has 0 bridgehead atoms. The molecule has 5 nitrogen and oxygen atoms in total. The molecule has 0 amide bonds. The van der Waals surface area contributed by atoms with Crippen molar-refractivity contribution in [3.8, 4) is 5.75 Å². The van der Waals surface area contributed by atoms with Crippen LogP contribution in [0.3, 0.4) is 0 Å². The van der Waals surface area contributed by atoms with Crippen molar-refractivity contribution in [3.63, 3.8) is 0 Å². The summed E-state index contributed by atoms with van der Waals surface area (Å²) < 4.78 is 11.0. The molecule has 0 aliphatic heterocycles. The van der Waals surface area contributed by atoms with Crippen molar-refractivity contribution in [2.75, 3.05) is 39.6 Å². The molecule has 2 N–H and O–H groups in total. The molecule has 0 saturated heterocycles.